The van der Waals surface area contributed by atoms with E-state index in [0.717, 1.165) is 12.8 Å². The Morgan fingerprint density at radius 2 is 2.16 bits per heavy atom. The highest BCUT2D eigenvalue weighted by Gasteiger charge is 2.25. The number of aromatic hydroxyl groups is 1. The Bertz CT molecular complexity index is 893. The van der Waals surface area contributed by atoms with Crippen LogP contribution in [0.15, 0.2) is 42.6 Å². The number of hydrogen-bond acceptors (Lipinski definition) is 5. The van der Waals surface area contributed by atoms with Crippen LogP contribution in [0, 0.1) is 17.8 Å². The Kier molecular flexibility index (Phi) is 10.6. The number of esters is 1. The molecule has 1 unspecified atom stereocenters. The Labute approximate surface area is 190 Å². The van der Waals surface area contributed by atoms with Crippen LogP contribution in [0.3, 0.4) is 0 Å². The molecule has 172 valence electrons. The maximum Gasteiger partial charge on any atom is 0.342 e. The van der Waals surface area contributed by atoms with E-state index in [1.807, 2.05) is 19.1 Å². The van der Waals surface area contributed by atoms with E-state index in [1.54, 1.807) is 18.2 Å². The van der Waals surface area contributed by atoms with Crippen molar-refractivity contribution in [1.29, 1.82) is 0 Å². The predicted molar refractivity (Wildman–Crippen MR) is 124 cm³/mol. The minimum Gasteiger partial charge on any atom is -0.507 e. The van der Waals surface area contributed by atoms with E-state index in [9.17, 15) is 19.8 Å². The molecule has 1 aliphatic rings. The third kappa shape index (κ3) is 8.24. The Morgan fingerprint density at radius 3 is 2.94 bits per heavy atom. The van der Waals surface area contributed by atoms with Gasteiger partial charge in [-0.05, 0) is 42.7 Å². The highest BCUT2D eigenvalue weighted by Crippen LogP contribution is 2.26. The summed E-state index contributed by atoms with van der Waals surface area (Å²) < 4.78 is 5.67. The number of aliphatic hydroxyl groups is 1. The fraction of sp³-hybridized carbons (Fsp3) is 0.462. The Hall–Kier alpha value is -3.04. The van der Waals surface area contributed by atoms with E-state index >= 15 is 0 Å². The van der Waals surface area contributed by atoms with Crippen molar-refractivity contribution in [3.05, 3.63) is 53.8 Å². The third-order valence-electron chi connectivity index (χ3n) is 5.37. The summed E-state index contributed by atoms with van der Waals surface area (Å²) in [5.41, 5.74) is 0.827. The highest BCUT2D eigenvalue weighted by molar-refractivity contribution is 5.94. The van der Waals surface area contributed by atoms with Crippen LogP contribution in [0.2, 0.25) is 0 Å². The van der Waals surface area contributed by atoms with Crippen molar-refractivity contribution in [2.75, 3.05) is 0 Å². The second kappa shape index (κ2) is 13.4. The summed E-state index contributed by atoms with van der Waals surface area (Å²) in [7, 11) is 0. The number of carbonyl (C=O) groups is 2. The fourth-order valence-electron chi connectivity index (χ4n) is 3.37. The number of ether oxygens (including phenoxy) is 1. The van der Waals surface area contributed by atoms with Crippen molar-refractivity contribution in [2.24, 2.45) is 5.92 Å². The van der Waals surface area contributed by atoms with Crippen LogP contribution >= 0.6 is 0 Å². The Balaban J connectivity index is 2.10. The second-order valence-electron chi connectivity index (χ2n) is 8.05. The number of fused-ring (bicyclic) bond motifs is 1. The van der Waals surface area contributed by atoms with Crippen LogP contribution in [0.4, 0.5) is 0 Å². The van der Waals surface area contributed by atoms with Crippen molar-refractivity contribution in [3.8, 4) is 17.6 Å². The SMILES string of the molecule is CCCCC#CC(=O)N/C=C/CC1C[C@@H](O)[C@@H](C)C/C=C/Cc2cccc(O)c2C(=O)O1. The number of carbonyl (C=O) groups excluding carboxylic acids is 2. The number of rotatable bonds is 5. The highest BCUT2D eigenvalue weighted by atomic mass is 16.5. The summed E-state index contributed by atoms with van der Waals surface area (Å²) in [6, 6.07) is 4.94. The molecule has 0 bridgehead atoms. The van der Waals surface area contributed by atoms with Gasteiger partial charge in [0.2, 0.25) is 0 Å². The number of allylic oxidation sites excluding steroid dienone is 2. The molecule has 32 heavy (non-hydrogen) atoms. The van der Waals surface area contributed by atoms with Crippen LogP contribution in [0.5, 0.6) is 5.75 Å². The molecular formula is C26H33NO5. The molecule has 0 spiro atoms. The normalized spacial score (nSPS) is 22.5. The van der Waals surface area contributed by atoms with Gasteiger partial charge in [0.1, 0.15) is 17.4 Å². The van der Waals surface area contributed by atoms with Crippen molar-refractivity contribution < 1.29 is 24.5 Å². The van der Waals surface area contributed by atoms with Gasteiger partial charge in [-0.15, -0.1) is 0 Å². The lowest BCUT2D eigenvalue weighted by molar-refractivity contribution is -0.114. The number of phenols is 1. The van der Waals surface area contributed by atoms with E-state index in [0.29, 0.717) is 31.2 Å². The molecular weight excluding hydrogens is 406 g/mol. The molecule has 1 heterocycles. The standard InChI is InChI=1S/C26H33NO5/c1-3-4-5-6-16-24(30)27-17-10-14-21-18-23(29)19(2)11-7-8-12-20-13-9-15-22(28)25(20)26(31)32-21/h7-10,13,15,17,19,21,23,28-29H,3-5,11-12,14,18H2,1-2H3,(H,27,30)/b8-7+,17-10+/t19-,21?,23+/m0/s1. The van der Waals surface area contributed by atoms with Crippen molar-refractivity contribution >= 4 is 11.9 Å². The molecule has 6 heteroatoms. The molecule has 1 aliphatic heterocycles. The topological polar surface area (TPSA) is 95.9 Å². The van der Waals surface area contributed by atoms with E-state index in [1.165, 1.54) is 12.3 Å². The van der Waals surface area contributed by atoms with Crippen molar-refractivity contribution in [2.45, 2.75) is 71.0 Å². The molecule has 0 saturated heterocycles. The molecule has 0 aromatic heterocycles. The van der Waals surface area contributed by atoms with E-state index < -0.39 is 24.1 Å². The zero-order chi connectivity index (χ0) is 23.3. The lowest BCUT2D eigenvalue weighted by Crippen LogP contribution is -2.28. The van der Waals surface area contributed by atoms with Gasteiger partial charge in [-0.25, -0.2) is 4.79 Å². The molecule has 6 nitrogen and oxygen atoms in total. The van der Waals surface area contributed by atoms with E-state index in [4.69, 9.17) is 4.74 Å². The largest absolute Gasteiger partial charge is 0.507 e. The van der Waals surface area contributed by atoms with Crippen LogP contribution in [-0.2, 0) is 16.0 Å². The van der Waals surface area contributed by atoms with Crippen LogP contribution < -0.4 is 5.32 Å². The number of amides is 1. The zero-order valence-electron chi connectivity index (χ0n) is 18.8. The molecule has 1 amide bonds. The summed E-state index contributed by atoms with van der Waals surface area (Å²) >= 11 is 0. The van der Waals surface area contributed by atoms with Gasteiger partial charge in [0.05, 0.1) is 6.10 Å². The van der Waals surface area contributed by atoms with E-state index in [2.05, 4.69) is 24.1 Å². The third-order valence-corrected chi connectivity index (χ3v) is 5.37. The van der Waals surface area contributed by atoms with Gasteiger partial charge < -0.3 is 20.3 Å². The minimum atomic E-state index is -0.659. The quantitative estimate of drug-likeness (QED) is 0.279. The number of aliphatic hydroxyl groups excluding tert-OH is 1. The average Bonchev–Trinajstić information content (AvgIpc) is 2.76. The van der Waals surface area contributed by atoms with Gasteiger partial charge in [0.25, 0.3) is 5.91 Å². The smallest absolute Gasteiger partial charge is 0.342 e. The molecule has 2 rings (SSSR count). The maximum atomic E-state index is 12.9. The van der Waals surface area contributed by atoms with Gasteiger partial charge in [0.15, 0.2) is 0 Å². The minimum absolute atomic E-state index is 0.00222. The van der Waals surface area contributed by atoms with Crippen LogP contribution in [0.25, 0.3) is 0 Å². The van der Waals surface area contributed by atoms with Crippen molar-refractivity contribution in [3.63, 3.8) is 0 Å². The first kappa shape index (κ1) is 25.2. The molecule has 3 N–H and O–H groups in total. The number of benzene rings is 1. The first-order valence-corrected chi connectivity index (χ1v) is 11.2. The fourth-order valence-corrected chi connectivity index (χ4v) is 3.37. The monoisotopic (exact) mass is 439 g/mol. The molecule has 1 aromatic carbocycles. The van der Waals surface area contributed by atoms with Gasteiger partial charge in [-0.3, -0.25) is 4.79 Å². The number of nitrogens with one attached hydrogen (secondary N) is 1. The first-order valence-electron chi connectivity index (χ1n) is 11.2. The lowest BCUT2D eigenvalue weighted by atomic mass is 9.93. The van der Waals surface area contributed by atoms with Gasteiger partial charge in [-0.2, -0.15) is 0 Å². The number of unbranched alkanes of at least 4 members (excludes halogenated alkanes) is 2. The number of cyclic esters (lactones) is 1. The summed E-state index contributed by atoms with van der Waals surface area (Å²) in [4.78, 5) is 24.6. The van der Waals surface area contributed by atoms with Gasteiger partial charge >= 0.3 is 5.97 Å². The molecule has 0 saturated carbocycles. The first-order chi connectivity index (χ1) is 15.4. The molecule has 3 atom stereocenters. The molecule has 0 fully saturated rings. The van der Waals surface area contributed by atoms with Crippen LogP contribution in [0.1, 0.15) is 68.3 Å². The zero-order valence-corrected chi connectivity index (χ0v) is 18.8. The molecule has 1 aromatic rings. The summed E-state index contributed by atoms with van der Waals surface area (Å²) in [6.45, 7) is 4.01. The second-order valence-corrected chi connectivity index (χ2v) is 8.05. The average molecular weight is 440 g/mol. The molecule has 0 aliphatic carbocycles. The number of hydrogen-bond donors (Lipinski definition) is 3. The van der Waals surface area contributed by atoms with Crippen LogP contribution in [-0.4, -0.2) is 34.3 Å². The maximum absolute atomic E-state index is 12.9. The van der Waals surface area contributed by atoms with Crippen molar-refractivity contribution in [1.82, 2.24) is 5.32 Å². The number of phenolic OH excluding ortho intramolecular Hbond substituents is 1. The van der Waals surface area contributed by atoms with E-state index in [-0.39, 0.29) is 23.7 Å². The van der Waals surface area contributed by atoms with Gasteiger partial charge in [0, 0.05) is 25.5 Å². The lowest BCUT2D eigenvalue weighted by Gasteiger charge is -2.24. The summed E-state index contributed by atoms with van der Waals surface area (Å²) in [5, 5.41) is 23.4. The summed E-state index contributed by atoms with van der Waals surface area (Å²) in [5.74, 6) is 4.19. The van der Waals surface area contributed by atoms with Gasteiger partial charge in [-0.1, -0.05) is 56.5 Å². The predicted octanol–water partition coefficient (Wildman–Crippen LogP) is 4.02. The summed E-state index contributed by atoms with van der Waals surface area (Å²) in [6.07, 6.45) is 10.2. The Morgan fingerprint density at radius 1 is 1.34 bits per heavy atom. The molecule has 0 radical (unpaired) electrons.